The predicted octanol–water partition coefficient (Wildman–Crippen LogP) is 6.20. The lowest BCUT2D eigenvalue weighted by Gasteiger charge is -2.71. The maximum Gasteiger partial charge on any atom is 0.310 e. The summed E-state index contributed by atoms with van der Waals surface area (Å²) in [4.78, 5) is 12.8. The molecule has 3 N–H and O–H groups in total. The van der Waals surface area contributed by atoms with Gasteiger partial charge in [0.15, 0.2) is 0 Å². The van der Waals surface area contributed by atoms with Crippen LogP contribution >= 0.6 is 0 Å². The standard InChI is InChI=1S/C30H48O4/c1-25(2)12-14-30(24(33)34)15-13-28(6)18(19(30)16-25)8-9-22-27(5)17-20(31)23(32)26(3,4)21(27)10-11-29(22,28)7/h8,19-23,31-32H,9-17H2,1-7H3,(H,33,34)/t19-,20+,21?,22+,23-,27-,28+,29+,30-/m0/s1. The Bertz CT molecular complexity index is 919. The second-order valence-electron chi connectivity index (χ2n) is 15.2. The molecule has 0 radical (unpaired) electrons. The molecule has 4 saturated carbocycles. The van der Waals surface area contributed by atoms with Crippen LogP contribution < -0.4 is 0 Å². The van der Waals surface area contributed by atoms with E-state index in [1.807, 2.05) is 0 Å². The van der Waals surface area contributed by atoms with Crippen LogP contribution in [-0.2, 0) is 4.79 Å². The number of carboxylic acids is 1. The van der Waals surface area contributed by atoms with Crippen LogP contribution in [0.3, 0.4) is 0 Å². The third-order valence-electron chi connectivity index (χ3n) is 13.0. The fraction of sp³-hybridized carbons (Fsp3) is 0.900. The van der Waals surface area contributed by atoms with E-state index < -0.39 is 23.6 Å². The summed E-state index contributed by atoms with van der Waals surface area (Å²) >= 11 is 0. The third kappa shape index (κ3) is 2.88. The zero-order valence-corrected chi connectivity index (χ0v) is 22.6. The fourth-order valence-electron chi connectivity index (χ4n) is 10.8. The van der Waals surface area contributed by atoms with Gasteiger partial charge in [0.2, 0.25) is 0 Å². The first-order chi connectivity index (χ1) is 15.6. The summed E-state index contributed by atoms with van der Waals surface area (Å²) in [6, 6.07) is 0. The maximum atomic E-state index is 12.8. The fourth-order valence-corrected chi connectivity index (χ4v) is 10.8. The first-order valence-corrected chi connectivity index (χ1v) is 13.9. The van der Waals surface area contributed by atoms with Crippen molar-refractivity contribution in [2.24, 2.45) is 50.2 Å². The molecule has 0 aliphatic heterocycles. The smallest absolute Gasteiger partial charge is 0.310 e. The number of carboxylic acid groups (broad SMARTS) is 1. The van der Waals surface area contributed by atoms with Crippen molar-refractivity contribution in [1.82, 2.24) is 0 Å². The Hall–Kier alpha value is -0.870. The van der Waals surface area contributed by atoms with Gasteiger partial charge in [0, 0.05) is 0 Å². The van der Waals surface area contributed by atoms with Gasteiger partial charge in [-0.2, -0.15) is 0 Å². The number of carbonyl (C=O) groups is 1. The van der Waals surface area contributed by atoms with Crippen molar-refractivity contribution in [2.45, 2.75) is 118 Å². The van der Waals surface area contributed by atoms with Gasteiger partial charge in [-0.05, 0) is 103 Å². The highest BCUT2D eigenvalue weighted by Gasteiger charge is 2.70. The number of hydrogen-bond acceptors (Lipinski definition) is 3. The number of rotatable bonds is 1. The molecule has 4 heteroatoms. The molecule has 0 amide bonds. The average Bonchev–Trinajstić information content (AvgIpc) is 2.72. The molecule has 192 valence electrons. The Balaban J connectivity index is 1.61. The van der Waals surface area contributed by atoms with E-state index in [0.717, 1.165) is 51.4 Å². The average molecular weight is 473 g/mol. The largest absolute Gasteiger partial charge is 0.481 e. The molecule has 5 aliphatic carbocycles. The predicted molar refractivity (Wildman–Crippen MR) is 134 cm³/mol. The summed E-state index contributed by atoms with van der Waals surface area (Å²) in [5, 5.41) is 32.4. The van der Waals surface area contributed by atoms with Crippen molar-refractivity contribution in [1.29, 1.82) is 0 Å². The summed E-state index contributed by atoms with van der Waals surface area (Å²) in [6.07, 6.45) is 9.45. The van der Waals surface area contributed by atoms with E-state index in [1.54, 1.807) is 0 Å². The summed E-state index contributed by atoms with van der Waals surface area (Å²) in [5.74, 6) is 0.365. The van der Waals surface area contributed by atoms with Crippen molar-refractivity contribution >= 4 is 5.97 Å². The second-order valence-corrected chi connectivity index (χ2v) is 15.2. The van der Waals surface area contributed by atoms with Crippen LogP contribution in [0.2, 0.25) is 0 Å². The zero-order valence-electron chi connectivity index (χ0n) is 22.6. The van der Waals surface area contributed by atoms with E-state index >= 15 is 0 Å². The maximum absolute atomic E-state index is 12.8. The molecule has 4 nitrogen and oxygen atoms in total. The molecular weight excluding hydrogens is 424 g/mol. The highest BCUT2D eigenvalue weighted by molar-refractivity contribution is 5.76. The molecule has 0 aromatic rings. The Kier molecular flexibility index (Phi) is 5.20. The molecule has 34 heavy (non-hydrogen) atoms. The lowest BCUT2D eigenvalue weighted by Crippen LogP contribution is -2.67. The van der Waals surface area contributed by atoms with Gasteiger partial charge in [-0.3, -0.25) is 4.79 Å². The lowest BCUT2D eigenvalue weighted by atomic mass is 9.33. The van der Waals surface area contributed by atoms with Crippen LogP contribution in [0.5, 0.6) is 0 Å². The van der Waals surface area contributed by atoms with E-state index in [2.05, 4.69) is 54.5 Å². The molecule has 5 rings (SSSR count). The quantitative estimate of drug-likeness (QED) is 0.397. The second kappa shape index (κ2) is 7.12. The van der Waals surface area contributed by atoms with Crippen LogP contribution in [0, 0.1) is 50.2 Å². The Labute approximate surface area is 206 Å². The van der Waals surface area contributed by atoms with E-state index in [-0.39, 0.29) is 33.0 Å². The SMILES string of the molecule is CC1(C)CC[C@]2(C(=O)O)CC[C@]3(C)C(=CC[C@@H]4[C@@]5(C)C[C@@H](O)[C@H](O)C(C)(C)C5CC[C@]43C)[C@@H]2C1. The Morgan fingerprint density at radius 1 is 0.882 bits per heavy atom. The topological polar surface area (TPSA) is 77.8 Å². The van der Waals surface area contributed by atoms with Gasteiger partial charge >= 0.3 is 5.97 Å². The highest BCUT2D eigenvalue weighted by Crippen LogP contribution is 2.75. The molecular formula is C30H48O4. The van der Waals surface area contributed by atoms with Gasteiger partial charge in [-0.25, -0.2) is 0 Å². The first kappa shape index (κ1) is 24.8. The monoisotopic (exact) mass is 472 g/mol. The van der Waals surface area contributed by atoms with Gasteiger partial charge in [0.05, 0.1) is 17.6 Å². The molecule has 9 atom stereocenters. The number of hydrogen-bond donors (Lipinski definition) is 3. The normalized spacial score (nSPS) is 53.4. The first-order valence-electron chi connectivity index (χ1n) is 13.9. The highest BCUT2D eigenvalue weighted by atomic mass is 16.4. The van der Waals surface area contributed by atoms with Crippen LogP contribution in [0.1, 0.15) is 106 Å². The molecule has 0 spiro atoms. The van der Waals surface area contributed by atoms with Crippen LogP contribution in [0.4, 0.5) is 0 Å². The Morgan fingerprint density at radius 2 is 1.53 bits per heavy atom. The summed E-state index contributed by atoms with van der Waals surface area (Å²) in [7, 11) is 0. The minimum absolute atomic E-state index is 0.00785. The molecule has 0 saturated heterocycles. The van der Waals surface area contributed by atoms with Crippen molar-refractivity contribution in [3.05, 3.63) is 11.6 Å². The van der Waals surface area contributed by atoms with E-state index in [9.17, 15) is 20.1 Å². The van der Waals surface area contributed by atoms with Gasteiger partial charge in [-0.15, -0.1) is 0 Å². The summed E-state index contributed by atoms with van der Waals surface area (Å²) < 4.78 is 0. The van der Waals surface area contributed by atoms with E-state index in [0.29, 0.717) is 18.3 Å². The van der Waals surface area contributed by atoms with Crippen molar-refractivity contribution in [3.8, 4) is 0 Å². The van der Waals surface area contributed by atoms with Gasteiger partial charge in [-0.1, -0.05) is 60.1 Å². The van der Waals surface area contributed by atoms with Crippen LogP contribution in [0.15, 0.2) is 11.6 Å². The molecule has 0 aromatic heterocycles. The van der Waals surface area contributed by atoms with Crippen molar-refractivity contribution in [3.63, 3.8) is 0 Å². The van der Waals surface area contributed by atoms with Gasteiger partial charge in [0.25, 0.3) is 0 Å². The molecule has 0 heterocycles. The number of aliphatic hydroxyl groups is 2. The molecule has 5 aliphatic rings. The van der Waals surface area contributed by atoms with E-state index in [1.165, 1.54) is 5.57 Å². The number of allylic oxidation sites excluding steroid dienone is 2. The molecule has 0 aromatic carbocycles. The minimum Gasteiger partial charge on any atom is -0.481 e. The van der Waals surface area contributed by atoms with Gasteiger partial charge < -0.3 is 15.3 Å². The van der Waals surface area contributed by atoms with E-state index in [4.69, 9.17) is 0 Å². The van der Waals surface area contributed by atoms with Crippen LogP contribution in [0.25, 0.3) is 0 Å². The zero-order chi connectivity index (χ0) is 25.1. The number of aliphatic carboxylic acids is 1. The molecule has 1 unspecified atom stereocenters. The number of fused-ring (bicyclic) bond motifs is 7. The summed E-state index contributed by atoms with van der Waals surface area (Å²) in [5.41, 5.74) is 0.754. The lowest BCUT2D eigenvalue weighted by molar-refractivity contribution is -0.231. The number of aliphatic hydroxyl groups excluding tert-OH is 2. The third-order valence-corrected chi connectivity index (χ3v) is 13.0. The van der Waals surface area contributed by atoms with Gasteiger partial charge in [0.1, 0.15) is 0 Å². The van der Waals surface area contributed by atoms with Crippen LogP contribution in [-0.4, -0.2) is 33.5 Å². The molecule has 0 bridgehead atoms. The van der Waals surface area contributed by atoms with Crippen molar-refractivity contribution < 1.29 is 20.1 Å². The minimum atomic E-state index is -0.679. The summed E-state index contributed by atoms with van der Waals surface area (Å²) in [6.45, 7) is 16.3. The Morgan fingerprint density at radius 3 is 2.18 bits per heavy atom. The van der Waals surface area contributed by atoms with Crippen molar-refractivity contribution in [2.75, 3.05) is 0 Å². The molecule has 4 fully saturated rings.